The van der Waals surface area contributed by atoms with Gasteiger partial charge in [0.15, 0.2) is 0 Å². The third kappa shape index (κ3) is 3.58. The van der Waals surface area contributed by atoms with Gasteiger partial charge >= 0.3 is 0 Å². The van der Waals surface area contributed by atoms with Gasteiger partial charge in [0.05, 0.1) is 6.10 Å². The summed E-state index contributed by atoms with van der Waals surface area (Å²) < 4.78 is 0. The average molecular weight is 223 g/mol. The number of unbranched alkanes of at least 4 members (excludes halogenated alkanes) is 1. The molecule has 0 fully saturated rings. The Balaban J connectivity index is 2.66. The molecule has 0 spiro atoms. The second kappa shape index (κ2) is 5.80. The predicted molar refractivity (Wildman–Crippen MR) is 63.8 cm³/mol. The SMILES string of the molecule is C#CCCCC(O)c1ccc(C)cc1Cl. The van der Waals surface area contributed by atoms with E-state index in [2.05, 4.69) is 5.92 Å². The van der Waals surface area contributed by atoms with E-state index in [0.717, 1.165) is 17.5 Å². The molecular weight excluding hydrogens is 208 g/mol. The minimum Gasteiger partial charge on any atom is -0.388 e. The van der Waals surface area contributed by atoms with Crippen molar-refractivity contribution in [1.29, 1.82) is 0 Å². The summed E-state index contributed by atoms with van der Waals surface area (Å²) in [5.74, 6) is 2.55. The molecule has 1 atom stereocenters. The Morgan fingerprint density at radius 2 is 2.27 bits per heavy atom. The fraction of sp³-hybridized carbons (Fsp3) is 0.385. The normalized spacial score (nSPS) is 12.1. The van der Waals surface area contributed by atoms with Crippen molar-refractivity contribution in [2.24, 2.45) is 0 Å². The molecule has 80 valence electrons. The highest BCUT2D eigenvalue weighted by atomic mass is 35.5. The van der Waals surface area contributed by atoms with Gasteiger partial charge in [0, 0.05) is 11.4 Å². The van der Waals surface area contributed by atoms with Crippen molar-refractivity contribution in [3.05, 3.63) is 34.3 Å². The van der Waals surface area contributed by atoms with E-state index < -0.39 is 6.10 Å². The first-order valence-corrected chi connectivity index (χ1v) is 5.40. The maximum atomic E-state index is 9.87. The van der Waals surface area contributed by atoms with Gasteiger partial charge in [-0.05, 0) is 37.0 Å². The molecule has 1 unspecified atom stereocenters. The van der Waals surface area contributed by atoms with Crippen molar-refractivity contribution >= 4 is 11.6 Å². The molecule has 1 nitrogen and oxygen atoms in total. The molecule has 0 heterocycles. The van der Waals surface area contributed by atoms with Crippen molar-refractivity contribution in [2.45, 2.75) is 32.3 Å². The molecule has 0 radical (unpaired) electrons. The molecule has 0 aromatic heterocycles. The van der Waals surface area contributed by atoms with Crippen LogP contribution in [0.1, 0.15) is 36.5 Å². The van der Waals surface area contributed by atoms with E-state index >= 15 is 0 Å². The molecule has 2 heteroatoms. The summed E-state index contributed by atoms with van der Waals surface area (Å²) in [6.45, 7) is 1.97. The van der Waals surface area contributed by atoms with E-state index in [0.29, 0.717) is 17.9 Å². The number of halogens is 1. The number of hydrogen-bond donors (Lipinski definition) is 1. The summed E-state index contributed by atoms with van der Waals surface area (Å²) in [6.07, 6.45) is 6.81. The molecule has 1 aromatic rings. The number of hydrogen-bond acceptors (Lipinski definition) is 1. The van der Waals surface area contributed by atoms with E-state index in [9.17, 15) is 5.11 Å². The summed E-state index contributed by atoms with van der Waals surface area (Å²) in [5.41, 5.74) is 1.89. The Hall–Kier alpha value is -0.970. The van der Waals surface area contributed by atoms with Gasteiger partial charge in [-0.15, -0.1) is 12.3 Å². The van der Waals surface area contributed by atoms with Crippen molar-refractivity contribution in [3.63, 3.8) is 0 Å². The third-order valence-corrected chi connectivity index (χ3v) is 2.64. The van der Waals surface area contributed by atoms with Crippen molar-refractivity contribution in [1.82, 2.24) is 0 Å². The topological polar surface area (TPSA) is 20.2 Å². The van der Waals surface area contributed by atoms with Crippen LogP contribution in [-0.4, -0.2) is 5.11 Å². The van der Waals surface area contributed by atoms with E-state index in [1.54, 1.807) is 0 Å². The first-order valence-electron chi connectivity index (χ1n) is 5.02. The minimum absolute atomic E-state index is 0.508. The van der Waals surface area contributed by atoms with E-state index in [-0.39, 0.29) is 0 Å². The lowest BCUT2D eigenvalue weighted by molar-refractivity contribution is 0.165. The van der Waals surface area contributed by atoms with Crippen LogP contribution in [0, 0.1) is 19.3 Å². The number of aliphatic hydroxyl groups excluding tert-OH is 1. The van der Waals surface area contributed by atoms with Crippen LogP contribution in [0.5, 0.6) is 0 Å². The summed E-state index contributed by atoms with van der Waals surface area (Å²) in [6, 6.07) is 5.69. The smallest absolute Gasteiger partial charge is 0.0804 e. The molecule has 0 aliphatic heterocycles. The van der Waals surface area contributed by atoms with Gasteiger partial charge < -0.3 is 5.11 Å². The second-order valence-corrected chi connectivity index (χ2v) is 4.04. The van der Waals surface area contributed by atoms with E-state index in [1.807, 2.05) is 25.1 Å². The average Bonchev–Trinajstić information content (AvgIpc) is 2.17. The molecule has 0 aliphatic rings. The van der Waals surface area contributed by atoms with Gasteiger partial charge in [-0.2, -0.15) is 0 Å². The number of terminal acetylenes is 1. The van der Waals surface area contributed by atoms with Crippen molar-refractivity contribution in [3.8, 4) is 12.3 Å². The number of benzene rings is 1. The molecule has 1 aromatic carbocycles. The summed E-state index contributed by atoms with van der Waals surface area (Å²) in [4.78, 5) is 0. The predicted octanol–water partition coefficient (Wildman–Crippen LogP) is 3.49. The van der Waals surface area contributed by atoms with Gasteiger partial charge in [0.2, 0.25) is 0 Å². The van der Waals surface area contributed by atoms with Crippen molar-refractivity contribution in [2.75, 3.05) is 0 Å². The van der Waals surface area contributed by atoms with Crippen LogP contribution >= 0.6 is 11.6 Å². The summed E-state index contributed by atoms with van der Waals surface area (Å²) in [5, 5.41) is 10.5. The summed E-state index contributed by atoms with van der Waals surface area (Å²) >= 11 is 6.04. The van der Waals surface area contributed by atoms with Crippen LogP contribution in [0.2, 0.25) is 5.02 Å². The highest BCUT2D eigenvalue weighted by Gasteiger charge is 2.10. The van der Waals surface area contributed by atoms with E-state index in [1.165, 1.54) is 0 Å². The lowest BCUT2D eigenvalue weighted by atomic mass is 10.0. The Morgan fingerprint density at radius 1 is 1.53 bits per heavy atom. The highest BCUT2D eigenvalue weighted by Crippen LogP contribution is 2.27. The largest absolute Gasteiger partial charge is 0.388 e. The summed E-state index contributed by atoms with van der Waals surface area (Å²) in [7, 11) is 0. The maximum absolute atomic E-state index is 9.87. The Labute approximate surface area is 96.1 Å². The monoisotopic (exact) mass is 222 g/mol. The number of aliphatic hydroxyl groups is 1. The van der Waals surface area contributed by atoms with Crippen LogP contribution in [0.15, 0.2) is 18.2 Å². The quantitative estimate of drug-likeness (QED) is 0.611. The second-order valence-electron chi connectivity index (χ2n) is 3.64. The standard InChI is InChI=1S/C13H15ClO/c1-3-4-5-6-13(15)11-8-7-10(2)9-12(11)14/h1,7-9,13,15H,4-6H2,2H3. The van der Waals surface area contributed by atoms with Crippen LogP contribution in [0.4, 0.5) is 0 Å². The maximum Gasteiger partial charge on any atom is 0.0804 e. The first-order chi connectivity index (χ1) is 7.15. The highest BCUT2D eigenvalue weighted by molar-refractivity contribution is 6.31. The van der Waals surface area contributed by atoms with Crippen LogP contribution in [-0.2, 0) is 0 Å². The lowest BCUT2D eigenvalue weighted by Gasteiger charge is -2.12. The zero-order chi connectivity index (χ0) is 11.3. The Morgan fingerprint density at radius 3 is 2.87 bits per heavy atom. The number of aryl methyl sites for hydroxylation is 1. The molecule has 1 rings (SSSR count). The zero-order valence-corrected chi connectivity index (χ0v) is 9.59. The van der Waals surface area contributed by atoms with Crippen LogP contribution in [0.25, 0.3) is 0 Å². The molecule has 1 N–H and O–H groups in total. The molecule has 15 heavy (non-hydrogen) atoms. The van der Waals surface area contributed by atoms with Crippen LogP contribution < -0.4 is 0 Å². The molecular formula is C13H15ClO. The Bertz CT molecular complexity index is 365. The fourth-order valence-electron chi connectivity index (χ4n) is 1.46. The minimum atomic E-state index is -0.508. The fourth-order valence-corrected chi connectivity index (χ4v) is 1.82. The zero-order valence-electron chi connectivity index (χ0n) is 8.83. The Kier molecular flexibility index (Phi) is 4.68. The van der Waals surface area contributed by atoms with Crippen LogP contribution in [0.3, 0.4) is 0 Å². The third-order valence-electron chi connectivity index (χ3n) is 2.31. The molecule has 0 bridgehead atoms. The van der Waals surface area contributed by atoms with Gasteiger partial charge in [-0.25, -0.2) is 0 Å². The van der Waals surface area contributed by atoms with Crippen molar-refractivity contribution < 1.29 is 5.11 Å². The number of rotatable bonds is 4. The molecule has 0 aliphatic carbocycles. The molecule has 0 amide bonds. The van der Waals surface area contributed by atoms with Gasteiger partial charge in [-0.3, -0.25) is 0 Å². The van der Waals surface area contributed by atoms with Gasteiger partial charge in [-0.1, -0.05) is 23.7 Å². The van der Waals surface area contributed by atoms with Gasteiger partial charge in [0.25, 0.3) is 0 Å². The lowest BCUT2D eigenvalue weighted by Crippen LogP contribution is -1.98. The molecule has 0 saturated heterocycles. The first kappa shape index (κ1) is 12.1. The van der Waals surface area contributed by atoms with Gasteiger partial charge in [0.1, 0.15) is 0 Å². The van der Waals surface area contributed by atoms with E-state index in [4.69, 9.17) is 18.0 Å². The molecule has 0 saturated carbocycles.